The minimum Gasteiger partial charge on any atom is -0.314 e. The summed E-state index contributed by atoms with van der Waals surface area (Å²) in [5.74, 6) is 0.926. The second-order valence-corrected chi connectivity index (χ2v) is 3.90. The van der Waals surface area contributed by atoms with Crippen LogP contribution in [0.2, 0.25) is 0 Å². The summed E-state index contributed by atoms with van der Waals surface area (Å²) in [5.41, 5.74) is 1.10. The molecular weight excluding hydrogens is 248 g/mol. The summed E-state index contributed by atoms with van der Waals surface area (Å²) in [6.45, 7) is 7.24. The van der Waals surface area contributed by atoms with E-state index in [1.54, 1.807) is 35.7 Å². The maximum atomic E-state index is 4.25. The molecule has 100 valence electrons. The molecule has 0 bridgehead atoms. The Bertz CT molecular complexity index is 651. The van der Waals surface area contributed by atoms with Crippen molar-refractivity contribution in [2.75, 3.05) is 0 Å². The van der Waals surface area contributed by atoms with E-state index in [4.69, 9.17) is 0 Å². The Morgan fingerprint density at radius 2 is 1.75 bits per heavy atom. The fraction of sp³-hybridized carbons (Fsp3) is 0. The molecule has 1 aromatic carbocycles. The fourth-order valence-electron chi connectivity index (χ4n) is 1.65. The quantitative estimate of drug-likeness (QED) is 0.724. The summed E-state index contributed by atoms with van der Waals surface area (Å²) in [6.07, 6.45) is 12.3. The van der Waals surface area contributed by atoms with E-state index in [1.165, 1.54) is 0 Å². The van der Waals surface area contributed by atoms with Gasteiger partial charge < -0.3 is 9.13 Å². The molecule has 0 aliphatic rings. The third-order valence-corrected chi connectivity index (χ3v) is 2.63. The Balaban J connectivity index is 0.000000178. The van der Waals surface area contributed by atoms with Gasteiger partial charge in [-0.2, -0.15) is 0 Å². The lowest BCUT2D eigenvalue weighted by atomic mass is 10.2. The van der Waals surface area contributed by atoms with E-state index in [9.17, 15) is 0 Å². The highest BCUT2D eigenvalue weighted by Crippen LogP contribution is 2.16. The molecule has 4 nitrogen and oxygen atoms in total. The molecule has 0 amide bonds. The van der Waals surface area contributed by atoms with E-state index in [0.717, 1.165) is 11.4 Å². The lowest BCUT2D eigenvalue weighted by molar-refractivity contribution is 1.14. The predicted octanol–water partition coefficient (Wildman–Crippen LogP) is 3.63. The molecular formula is C16H16N4. The van der Waals surface area contributed by atoms with Crippen LogP contribution in [0, 0.1) is 0 Å². The zero-order valence-corrected chi connectivity index (χ0v) is 11.1. The second kappa shape index (κ2) is 6.89. The van der Waals surface area contributed by atoms with Gasteiger partial charge in [-0.15, -0.1) is 0 Å². The Kier molecular flexibility index (Phi) is 4.67. The number of rotatable bonds is 3. The Hall–Kier alpha value is -2.88. The van der Waals surface area contributed by atoms with Crippen molar-refractivity contribution >= 4 is 12.4 Å². The topological polar surface area (TPSA) is 35.6 Å². The second-order valence-electron chi connectivity index (χ2n) is 3.90. The molecule has 0 spiro atoms. The summed E-state index contributed by atoms with van der Waals surface area (Å²) >= 11 is 0. The summed E-state index contributed by atoms with van der Waals surface area (Å²) < 4.78 is 3.68. The molecule has 3 aromatic rings. The summed E-state index contributed by atoms with van der Waals surface area (Å²) in [7, 11) is 0. The third-order valence-electron chi connectivity index (χ3n) is 2.63. The van der Waals surface area contributed by atoms with Crippen LogP contribution < -0.4 is 0 Å². The van der Waals surface area contributed by atoms with E-state index in [-0.39, 0.29) is 0 Å². The Morgan fingerprint density at radius 1 is 0.950 bits per heavy atom. The van der Waals surface area contributed by atoms with Gasteiger partial charge in [-0.05, 0) is 0 Å². The number of aromatic nitrogens is 4. The molecule has 0 N–H and O–H groups in total. The zero-order chi connectivity index (χ0) is 14.2. The number of hydrogen-bond acceptors (Lipinski definition) is 2. The smallest absolute Gasteiger partial charge is 0.143 e. The average Bonchev–Trinajstić information content (AvgIpc) is 3.19. The lowest BCUT2D eigenvalue weighted by Gasteiger charge is -2.00. The van der Waals surface area contributed by atoms with Gasteiger partial charge in [0.05, 0.1) is 6.33 Å². The largest absolute Gasteiger partial charge is 0.314 e. The van der Waals surface area contributed by atoms with Crippen LogP contribution in [0.4, 0.5) is 0 Å². The predicted molar refractivity (Wildman–Crippen MR) is 82.7 cm³/mol. The first kappa shape index (κ1) is 13.5. The van der Waals surface area contributed by atoms with Crippen molar-refractivity contribution in [2.45, 2.75) is 0 Å². The zero-order valence-electron chi connectivity index (χ0n) is 11.1. The number of benzene rings is 1. The van der Waals surface area contributed by atoms with Gasteiger partial charge in [-0.3, -0.25) is 0 Å². The molecule has 4 heteroatoms. The van der Waals surface area contributed by atoms with Crippen molar-refractivity contribution < 1.29 is 0 Å². The normalized spacial score (nSPS) is 9.40. The van der Waals surface area contributed by atoms with Crippen molar-refractivity contribution in [3.8, 4) is 11.4 Å². The standard InChI is InChI=1S/C11H10N2.C5H6N2/c1-2-13-9-8-12-11(13)10-6-4-3-5-7-10;1-2-7-4-3-6-5-7/h2-9H,1H2;2-5H,1H2. The first-order valence-corrected chi connectivity index (χ1v) is 6.16. The highest BCUT2D eigenvalue weighted by molar-refractivity contribution is 5.57. The van der Waals surface area contributed by atoms with E-state index >= 15 is 0 Å². The minimum absolute atomic E-state index is 0.926. The number of nitrogens with zero attached hydrogens (tertiary/aromatic N) is 4. The van der Waals surface area contributed by atoms with Crippen LogP contribution in [-0.2, 0) is 0 Å². The summed E-state index contributed by atoms with van der Waals surface area (Å²) in [6, 6.07) is 10.0. The van der Waals surface area contributed by atoms with Gasteiger partial charge in [-0.25, -0.2) is 9.97 Å². The number of imidazole rings is 2. The minimum atomic E-state index is 0.926. The summed E-state index contributed by atoms with van der Waals surface area (Å²) in [5, 5.41) is 0. The van der Waals surface area contributed by atoms with Gasteiger partial charge in [0.15, 0.2) is 0 Å². The molecule has 0 saturated heterocycles. The van der Waals surface area contributed by atoms with Gasteiger partial charge >= 0.3 is 0 Å². The molecule has 0 fully saturated rings. The molecule has 3 rings (SSSR count). The van der Waals surface area contributed by atoms with Crippen LogP contribution in [0.25, 0.3) is 23.8 Å². The molecule has 20 heavy (non-hydrogen) atoms. The molecule has 2 aromatic heterocycles. The van der Waals surface area contributed by atoms with Crippen molar-refractivity contribution in [2.24, 2.45) is 0 Å². The molecule has 0 aliphatic carbocycles. The van der Waals surface area contributed by atoms with Gasteiger partial charge in [0, 0.05) is 42.8 Å². The molecule has 0 aliphatic heterocycles. The van der Waals surface area contributed by atoms with E-state index in [2.05, 4.69) is 23.1 Å². The maximum absolute atomic E-state index is 4.25. The monoisotopic (exact) mass is 264 g/mol. The summed E-state index contributed by atoms with van der Waals surface area (Å²) in [4.78, 5) is 8.03. The van der Waals surface area contributed by atoms with Crippen LogP contribution in [0.15, 0.2) is 74.6 Å². The van der Waals surface area contributed by atoms with Crippen LogP contribution in [0.3, 0.4) is 0 Å². The van der Waals surface area contributed by atoms with Crippen LogP contribution in [-0.4, -0.2) is 19.1 Å². The van der Waals surface area contributed by atoms with Crippen molar-refractivity contribution in [3.05, 3.63) is 74.6 Å². The first-order valence-electron chi connectivity index (χ1n) is 6.16. The SMILES string of the molecule is C=Cn1ccnc1.C=Cn1ccnc1-c1ccccc1. The van der Waals surface area contributed by atoms with Gasteiger partial charge in [-0.1, -0.05) is 43.5 Å². The Labute approximate surface area is 118 Å². The molecule has 0 saturated carbocycles. The van der Waals surface area contributed by atoms with E-state index in [0.29, 0.717) is 0 Å². The van der Waals surface area contributed by atoms with Crippen LogP contribution >= 0.6 is 0 Å². The average molecular weight is 264 g/mol. The van der Waals surface area contributed by atoms with Crippen LogP contribution in [0.1, 0.15) is 0 Å². The molecule has 0 atom stereocenters. The van der Waals surface area contributed by atoms with Crippen molar-refractivity contribution in [3.63, 3.8) is 0 Å². The third kappa shape index (κ3) is 3.32. The highest BCUT2D eigenvalue weighted by Gasteiger charge is 2.01. The van der Waals surface area contributed by atoms with Crippen molar-refractivity contribution in [1.82, 2.24) is 19.1 Å². The van der Waals surface area contributed by atoms with Gasteiger partial charge in [0.1, 0.15) is 5.82 Å². The van der Waals surface area contributed by atoms with Gasteiger partial charge in [0.2, 0.25) is 0 Å². The van der Waals surface area contributed by atoms with Crippen molar-refractivity contribution in [1.29, 1.82) is 0 Å². The fourth-order valence-corrected chi connectivity index (χ4v) is 1.65. The maximum Gasteiger partial charge on any atom is 0.143 e. The highest BCUT2D eigenvalue weighted by atomic mass is 15.0. The Morgan fingerprint density at radius 3 is 2.30 bits per heavy atom. The molecule has 0 radical (unpaired) electrons. The first-order chi connectivity index (χ1) is 9.85. The van der Waals surface area contributed by atoms with E-state index in [1.807, 2.05) is 47.3 Å². The molecule has 0 unspecified atom stereocenters. The number of hydrogen-bond donors (Lipinski definition) is 0. The molecule has 2 heterocycles. The lowest BCUT2D eigenvalue weighted by Crippen LogP contribution is -1.88. The van der Waals surface area contributed by atoms with Crippen LogP contribution in [0.5, 0.6) is 0 Å². The van der Waals surface area contributed by atoms with E-state index < -0.39 is 0 Å². The van der Waals surface area contributed by atoms with Gasteiger partial charge in [0.25, 0.3) is 0 Å².